The summed E-state index contributed by atoms with van der Waals surface area (Å²) in [7, 11) is 1.90. The van der Waals surface area contributed by atoms with Gasteiger partial charge in [0.2, 0.25) is 5.91 Å². The average molecular weight is 341 g/mol. The molecule has 0 saturated heterocycles. The number of hydrogen-bond donors (Lipinski definition) is 0. The number of amides is 1. The van der Waals surface area contributed by atoms with Crippen LogP contribution in [0.5, 0.6) is 0 Å². The van der Waals surface area contributed by atoms with Gasteiger partial charge >= 0.3 is 0 Å². The first-order valence-corrected chi connectivity index (χ1v) is 9.05. The van der Waals surface area contributed by atoms with Gasteiger partial charge in [-0.3, -0.25) is 4.79 Å². The maximum absolute atomic E-state index is 12.8. The SMILES string of the molecule is CN(Cc1csc2ccccc12)C(=O)C1CCc2nnnn2CC1. The van der Waals surface area contributed by atoms with Gasteiger partial charge in [-0.05, 0) is 45.7 Å². The predicted molar refractivity (Wildman–Crippen MR) is 92.5 cm³/mol. The average Bonchev–Trinajstić information content (AvgIpc) is 3.17. The number of fused-ring (bicyclic) bond motifs is 2. The van der Waals surface area contributed by atoms with E-state index in [1.165, 1.54) is 15.6 Å². The number of rotatable bonds is 3. The second kappa shape index (κ2) is 6.32. The van der Waals surface area contributed by atoms with Crippen molar-refractivity contribution in [2.45, 2.75) is 32.4 Å². The Hall–Kier alpha value is -2.28. The van der Waals surface area contributed by atoms with Crippen LogP contribution < -0.4 is 0 Å². The summed E-state index contributed by atoms with van der Waals surface area (Å²) >= 11 is 1.73. The van der Waals surface area contributed by atoms with Crippen molar-refractivity contribution >= 4 is 27.3 Å². The summed E-state index contributed by atoms with van der Waals surface area (Å²) in [6.07, 6.45) is 2.37. The van der Waals surface area contributed by atoms with Gasteiger partial charge in [0.1, 0.15) is 0 Å². The van der Waals surface area contributed by atoms with Gasteiger partial charge in [0, 0.05) is 37.2 Å². The van der Waals surface area contributed by atoms with Crippen LogP contribution in [-0.4, -0.2) is 38.1 Å². The Labute approximate surface area is 144 Å². The third-order valence-electron chi connectivity index (χ3n) is 4.71. The minimum Gasteiger partial charge on any atom is -0.341 e. The van der Waals surface area contributed by atoms with E-state index in [4.69, 9.17) is 0 Å². The molecular weight excluding hydrogens is 322 g/mol. The Bertz CT molecular complexity index is 848. The standard InChI is InChI=1S/C17H19N5OS/c1-21(10-13-11-24-15-5-3-2-4-14(13)15)17(23)12-6-7-16-18-19-20-22(16)9-8-12/h2-5,11-12H,6-10H2,1H3. The van der Waals surface area contributed by atoms with Crippen LogP contribution >= 0.6 is 11.3 Å². The molecule has 1 unspecified atom stereocenters. The number of aryl methyl sites for hydroxylation is 2. The Morgan fingerprint density at radius 1 is 1.38 bits per heavy atom. The molecule has 2 aromatic heterocycles. The van der Waals surface area contributed by atoms with Crippen LogP contribution in [0.1, 0.15) is 24.2 Å². The van der Waals surface area contributed by atoms with E-state index in [1.54, 1.807) is 11.3 Å². The van der Waals surface area contributed by atoms with E-state index < -0.39 is 0 Å². The minimum absolute atomic E-state index is 0.0309. The lowest BCUT2D eigenvalue weighted by Gasteiger charge is -2.22. The second-order valence-electron chi connectivity index (χ2n) is 6.29. The van der Waals surface area contributed by atoms with E-state index in [1.807, 2.05) is 22.7 Å². The molecule has 6 nitrogen and oxygen atoms in total. The van der Waals surface area contributed by atoms with E-state index in [2.05, 4.69) is 39.1 Å². The topological polar surface area (TPSA) is 63.9 Å². The molecule has 4 rings (SSSR count). The molecule has 124 valence electrons. The highest BCUT2D eigenvalue weighted by atomic mass is 32.1. The molecule has 0 fully saturated rings. The molecule has 0 radical (unpaired) electrons. The Morgan fingerprint density at radius 2 is 2.25 bits per heavy atom. The van der Waals surface area contributed by atoms with Crippen molar-refractivity contribution in [3.63, 3.8) is 0 Å². The van der Waals surface area contributed by atoms with Crippen LogP contribution in [0.4, 0.5) is 0 Å². The van der Waals surface area contributed by atoms with E-state index in [-0.39, 0.29) is 11.8 Å². The molecule has 0 saturated carbocycles. The molecule has 1 aromatic carbocycles. The van der Waals surface area contributed by atoms with Gasteiger partial charge in [-0.1, -0.05) is 18.2 Å². The lowest BCUT2D eigenvalue weighted by atomic mass is 9.98. The lowest BCUT2D eigenvalue weighted by Crippen LogP contribution is -2.32. The fourth-order valence-electron chi connectivity index (χ4n) is 3.35. The number of hydrogen-bond acceptors (Lipinski definition) is 5. The van der Waals surface area contributed by atoms with Crippen LogP contribution in [0.15, 0.2) is 29.6 Å². The zero-order chi connectivity index (χ0) is 16.5. The fourth-order valence-corrected chi connectivity index (χ4v) is 4.30. The molecule has 7 heteroatoms. The summed E-state index contributed by atoms with van der Waals surface area (Å²) in [5, 5.41) is 15.1. The molecule has 24 heavy (non-hydrogen) atoms. The molecule has 1 aliphatic rings. The van der Waals surface area contributed by atoms with Crippen LogP contribution in [0.3, 0.4) is 0 Å². The summed E-state index contributed by atoms with van der Waals surface area (Å²) in [5.41, 5.74) is 1.22. The first-order chi connectivity index (χ1) is 11.7. The summed E-state index contributed by atoms with van der Waals surface area (Å²) in [4.78, 5) is 14.7. The third-order valence-corrected chi connectivity index (χ3v) is 5.72. The number of carbonyl (C=O) groups excluding carboxylic acids is 1. The van der Waals surface area contributed by atoms with Gasteiger partial charge in [0.25, 0.3) is 0 Å². The van der Waals surface area contributed by atoms with Gasteiger partial charge in [0.15, 0.2) is 5.82 Å². The van der Waals surface area contributed by atoms with Crippen molar-refractivity contribution < 1.29 is 4.79 Å². The minimum atomic E-state index is 0.0309. The summed E-state index contributed by atoms with van der Waals surface area (Å²) < 4.78 is 3.09. The highest BCUT2D eigenvalue weighted by Crippen LogP contribution is 2.27. The number of benzene rings is 1. The van der Waals surface area contributed by atoms with Crippen molar-refractivity contribution in [1.82, 2.24) is 25.1 Å². The van der Waals surface area contributed by atoms with Crippen LogP contribution in [0.25, 0.3) is 10.1 Å². The van der Waals surface area contributed by atoms with Gasteiger partial charge < -0.3 is 4.90 Å². The van der Waals surface area contributed by atoms with E-state index >= 15 is 0 Å². The maximum atomic E-state index is 12.8. The van der Waals surface area contributed by atoms with Crippen molar-refractivity contribution in [2.75, 3.05) is 7.05 Å². The quantitative estimate of drug-likeness (QED) is 0.734. The highest BCUT2D eigenvalue weighted by molar-refractivity contribution is 7.17. The highest BCUT2D eigenvalue weighted by Gasteiger charge is 2.26. The normalized spacial score (nSPS) is 17.5. The van der Waals surface area contributed by atoms with Crippen LogP contribution in [-0.2, 0) is 24.3 Å². The number of aromatic nitrogens is 4. The largest absolute Gasteiger partial charge is 0.341 e. The summed E-state index contributed by atoms with van der Waals surface area (Å²) in [6, 6.07) is 8.35. The number of carbonyl (C=O) groups is 1. The third kappa shape index (κ3) is 2.80. The molecule has 0 N–H and O–H groups in total. The van der Waals surface area contributed by atoms with Gasteiger partial charge in [-0.15, -0.1) is 16.4 Å². The smallest absolute Gasteiger partial charge is 0.225 e. The zero-order valence-corrected chi connectivity index (χ0v) is 14.4. The number of tetrazole rings is 1. The molecule has 0 aliphatic carbocycles. The Balaban J connectivity index is 1.45. The summed E-state index contributed by atoms with van der Waals surface area (Å²) in [6.45, 7) is 1.37. The monoisotopic (exact) mass is 341 g/mol. The zero-order valence-electron chi connectivity index (χ0n) is 13.6. The maximum Gasteiger partial charge on any atom is 0.225 e. The molecule has 3 heterocycles. The predicted octanol–water partition coefficient (Wildman–Crippen LogP) is 2.50. The van der Waals surface area contributed by atoms with Gasteiger partial charge in [-0.25, -0.2) is 4.68 Å². The molecule has 1 amide bonds. The Morgan fingerprint density at radius 3 is 3.17 bits per heavy atom. The Kier molecular flexibility index (Phi) is 4.02. The van der Waals surface area contributed by atoms with Gasteiger partial charge in [-0.2, -0.15) is 0 Å². The first kappa shape index (κ1) is 15.3. The van der Waals surface area contributed by atoms with Crippen molar-refractivity contribution in [3.8, 4) is 0 Å². The molecule has 3 aromatic rings. The second-order valence-corrected chi connectivity index (χ2v) is 7.21. The van der Waals surface area contributed by atoms with Gasteiger partial charge in [0.05, 0.1) is 0 Å². The van der Waals surface area contributed by atoms with Crippen LogP contribution in [0, 0.1) is 5.92 Å². The van der Waals surface area contributed by atoms with Crippen LogP contribution in [0.2, 0.25) is 0 Å². The van der Waals surface area contributed by atoms with E-state index in [0.29, 0.717) is 13.1 Å². The van der Waals surface area contributed by atoms with Crippen molar-refractivity contribution in [3.05, 3.63) is 41.0 Å². The fraction of sp³-hybridized carbons (Fsp3) is 0.412. The number of nitrogens with zero attached hydrogens (tertiary/aromatic N) is 5. The summed E-state index contributed by atoms with van der Waals surface area (Å²) in [5.74, 6) is 1.13. The first-order valence-electron chi connectivity index (χ1n) is 8.17. The van der Waals surface area contributed by atoms with Crippen molar-refractivity contribution in [1.29, 1.82) is 0 Å². The molecule has 1 atom stereocenters. The van der Waals surface area contributed by atoms with E-state index in [0.717, 1.165) is 25.1 Å². The molecule has 1 aliphatic heterocycles. The molecule has 0 bridgehead atoms. The van der Waals surface area contributed by atoms with Crippen molar-refractivity contribution in [2.24, 2.45) is 5.92 Å². The van der Waals surface area contributed by atoms with E-state index in [9.17, 15) is 4.79 Å². The molecule has 0 spiro atoms. The number of thiophene rings is 1. The lowest BCUT2D eigenvalue weighted by molar-refractivity contribution is -0.135. The molecular formula is C17H19N5OS.